The fraction of sp³-hybridized carbons (Fsp3) is 0.500. The van der Waals surface area contributed by atoms with Crippen molar-refractivity contribution in [1.29, 1.82) is 0 Å². The minimum Gasteiger partial charge on any atom is -0.361 e. The molecule has 2 N–H and O–H groups in total. The molecule has 1 aromatic carbocycles. The van der Waals surface area contributed by atoms with Gasteiger partial charge in [0.1, 0.15) is 0 Å². The summed E-state index contributed by atoms with van der Waals surface area (Å²) in [5, 5.41) is 4.87. The molecule has 1 fully saturated rings. The lowest BCUT2D eigenvalue weighted by molar-refractivity contribution is 0.591. The molecule has 0 spiro atoms. The lowest BCUT2D eigenvalue weighted by atomic mass is 9.85. The zero-order chi connectivity index (χ0) is 12.8. The molecular weight excluding hydrogens is 220 g/mol. The number of hydrogen-bond acceptors (Lipinski definition) is 1. The van der Waals surface area contributed by atoms with Crippen LogP contribution in [-0.4, -0.2) is 18.1 Å². The summed E-state index contributed by atoms with van der Waals surface area (Å²) < 4.78 is 0. The van der Waals surface area contributed by atoms with Gasteiger partial charge in [-0.3, -0.25) is 0 Å². The van der Waals surface area contributed by atoms with Crippen molar-refractivity contribution in [3.8, 4) is 0 Å². The topological polar surface area (TPSA) is 27.8 Å². The highest BCUT2D eigenvalue weighted by molar-refractivity contribution is 5.84. The van der Waals surface area contributed by atoms with E-state index in [0.29, 0.717) is 5.92 Å². The molecule has 3 rings (SSSR count). The van der Waals surface area contributed by atoms with Crippen LogP contribution >= 0.6 is 0 Å². The minimum absolute atomic E-state index is 0.219. The zero-order valence-corrected chi connectivity index (χ0v) is 11.5. The Hall–Kier alpha value is -1.28. The van der Waals surface area contributed by atoms with E-state index in [2.05, 4.69) is 55.5 Å². The summed E-state index contributed by atoms with van der Waals surface area (Å²) in [7, 11) is 0. The lowest BCUT2D eigenvalue weighted by Crippen LogP contribution is -2.11. The summed E-state index contributed by atoms with van der Waals surface area (Å²) in [5.74, 6) is 0.675. The number of benzene rings is 1. The normalized spacial score (nSPS) is 20.7. The van der Waals surface area contributed by atoms with Gasteiger partial charge < -0.3 is 10.3 Å². The van der Waals surface area contributed by atoms with E-state index in [-0.39, 0.29) is 5.41 Å². The van der Waals surface area contributed by atoms with Crippen molar-refractivity contribution >= 4 is 10.9 Å². The van der Waals surface area contributed by atoms with Crippen LogP contribution in [0.1, 0.15) is 44.2 Å². The molecular formula is C16H22N2. The first-order valence-corrected chi connectivity index (χ1v) is 6.88. The third-order valence-electron chi connectivity index (χ3n) is 4.08. The Morgan fingerprint density at radius 2 is 2.06 bits per heavy atom. The van der Waals surface area contributed by atoms with E-state index in [0.717, 1.165) is 13.1 Å². The van der Waals surface area contributed by atoms with Gasteiger partial charge in [0.15, 0.2) is 0 Å². The molecule has 0 amide bonds. The molecule has 0 radical (unpaired) electrons. The molecule has 2 nitrogen and oxygen atoms in total. The molecule has 1 unspecified atom stereocenters. The second-order valence-corrected chi connectivity index (χ2v) is 6.44. The second kappa shape index (κ2) is 4.13. The lowest BCUT2D eigenvalue weighted by Gasteiger charge is -2.19. The van der Waals surface area contributed by atoms with Crippen LogP contribution in [0.5, 0.6) is 0 Å². The van der Waals surface area contributed by atoms with Crippen molar-refractivity contribution in [2.24, 2.45) is 0 Å². The third-order valence-corrected chi connectivity index (χ3v) is 4.08. The quantitative estimate of drug-likeness (QED) is 0.786. The van der Waals surface area contributed by atoms with Gasteiger partial charge in [0.05, 0.1) is 0 Å². The highest BCUT2D eigenvalue weighted by Crippen LogP contribution is 2.32. The number of nitrogens with one attached hydrogen (secondary N) is 2. The molecule has 1 atom stereocenters. The van der Waals surface area contributed by atoms with Crippen molar-refractivity contribution < 1.29 is 0 Å². The molecule has 2 heterocycles. The molecule has 1 aromatic heterocycles. The molecule has 96 valence electrons. The Bertz CT molecular complexity index is 554. The number of H-pyrrole nitrogens is 1. The van der Waals surface area contributed by atoms with Crippen LogP contribution in [0.15, 0.2) is 24.4 Å². The van der Waals surface area contributed by atoms with Crippen LogP contribution in [0.4, 0.5) is 0 Å². The van der Waals surface area contributed by atoms with Crippen LogP contribution in [0.3, 0.4) is 0 Å². The van der Waals surface area contributed by atoms with Crippen LogP contribution < -0.4 is 5.32 Å². The van der Waals surface area contributed by atoms with Gasteiger partial charge in [0, 0.05) is 23.6 Å². The second-order valence-electron chi connectivity index (χ2n) is 6.44. The average Bonchev–Trinajstić information content (AvgIpc) is 2.95. The van der Waals surface area contributed by atoms with Crippen molar-refractivity contribution in [3.05, 3.63) is 35.5 Å². The van der Waals surface area contributed by atoms with Crippen molar-refractivity contribution in [2.75, 3.05) is 13.1 Å². The fourth-order valence-electron chi connectivity index (χ4n) is 2.87. The Labute approximate surface area is 109 Å². The van der Waals surface area contributed by atoms with Gasteiger partial charge in [0.2, 0.25) is 0 Å². The first-order chi connectivity index (χ1) is 8.55. The SMILES string of the molecule is CC(C)(C)c1ccc2[nH]cc(C3CCNC3)c2c1. The molecule has 2 heteroatoms. The van der Waals surface area contributed by atoms with Crippen molar-refractivity contribution in [3.63, 3.8) is 0 Å². The number of hydrogen-bond donors (Lipinski definition) is 2. The third kappa shape index (κ3) is 1.95. The van der Waals surface area contributed by atoms with Gasteiger partial charge in [-0.25, -0.2) is 0 Å². The van der Waals surface area contributed by atoms with Gasteiger partial charge in [-0.05, 0) is 47.6 Å². The van der Waals surface area contributed by atoms with E-state index in [9.17, 15) is 0 Å². The van der Waals surface area contributed by atoms with E-state index < -0.39 is 0 Å². The predicted molar refractivity (Wildman–Crippen MR) is 77.2 cm³/mol. The maximum Gasteiger partial charge on any atom is 0.0457 e. The van der Waals surface area contributed by atoms with E-state index in [4.69, 9.17) is 0 Å². The Balaban J connectivity index is 2.10. The zero-order valence-electron chi connectivity index (χ0n) is 11.5. The summed E-state index contributed by atoms with van der Waals surface area (Å²) in [6.07, 6.45) is 3.46. The van der Waals surface area contributed by atoms with E-state index in [1.165, 1.54) is 28.5 Å². The van der Waals surface area contributed by atoms with Gasteiger partial charge >= 0.3 is 0 Å². The summed E-state index contributed by atoms with van der Waals surface area (Å²) in [6, 6.07) is 6.84. The van der Waals surface area contributed by atoms with Crippen LogP contribution in [0.25, 0.3) is 10.9 Å². The number of aromatic amines is 1. The number of rotatable bonds is 1. The first-order valence-electron chi connectivity index (χ1n) is 6.88. The number of fused-ring (bicyclic) bond motifs is 1. The van der Waals surface area contributed by atoms with Gasteiger partial charge in [-0.2, -0.15) is 0 Å². The monoisotopic (exact) mass is 242 g/mol. The molecule has 0 saturated carbocycles. The Kier molecular flexibility index (Phi) is 2.70. The van der Waals surface area contributed by atoms with Crippen LogP contribution in [0.2, 0.25) is 0 Å². The number of aromatic nitrogens is 1. The van der Waals surface area contributed by atoms with Crippen LogP contribution in [-0.2, 0) is 5.41 Å². The summed E-state index contributed by atoms with van der Waals surface area (Å²) >= 11 is 0. The molecule has 1 aliphatic rings. The van der Waals surface area contributed by atoms with Gasteiger partial charge in [0.25, 0.3) is 0 Å². The molecule has 0 aliphatic carbocycles. The Morgan fingerprint density at radius 3 is 2.72 bits per heavy atom. The highest BCUT2D eigenvalue weighted by Gasteiger charge is 2.21. The van der Waals surface area contributed by atoms with Crippen molar-refractivity contribution in [1.82, 2.24) is 10.3 Å². The first kappa shape index (κ1) is 11.8. The molecule has 2 aromatic rings. The van der Waals surface area contributed by atoms with E-state index in [1.807, 2.05) is 0 Å². The van der Waals surface area contributed by atoms with Gasteiger partial charge in [-0.15, -0.1) is 0 Å². The Morgan fingerprint density at radius 1 is 1.22 bits per heavy atom. The summed E-state index contributed by atoms with van der Waals surface area (Å²) in [5.41, 5.74) is 4.39. The predicted octanol–water partition coefficient (Wildman–Crippen LogP) is 3.54. The molecule has 18 heavy (non-hydrogen) atoms. The fourth-order valence-corrected chi connectivity index (χ4v) is 2.87. The summed E-state index contributed by atoms with van der Waals surface area (Å²) in [6.45, 7) is 9.09. The largest absolute Gasteiger partial charge is 0.361 e. The smallest absolute Gasteiger partial charge is 0.0457 e. The summed E-state index contributed by atoms with van der Waals surface area (Å²) in [4.78, 5) is 3.42. The van der Waals surface area contributed by atoms with Gasteiger partial charge in [-0.1, -0.05) is 26.8 Å². The van der Waals surface area contributed by atoms with Crippen LogP contribution in [0, 0.1) is 0 Å². The average molecular weight is 242 g/mol. The minimum atomic E-state index is 0.219. The highest BCUT2D eigenvalue weighted by atomic mass is 14.9. The van der Waals surface area contributed by atoms with E-state index >= 15 is 0 Å². The molecule has 1 saturated heterocycles. The standard InChI is InChI=1S/C16H22N2/c1-16(2,3)12-4-5-15-13(8-12)14(10-18-15)11-6-7-17-9-11/h4-5,8,10-11,17-18H,6-7,9H2,1-3H3. The maximum atomic E-state index is 3.46. The maximum absolute atomic E-state index is 3.46. The molecule has 0 bridgehead atoms. The van der Waals surface area contributed by atoms with E-state index in [1.54, 1.807) is 0 Å². The molecule has 1 aliphatic heterocycles. The van der Waals surface area contributed by atoms with Crippen molar-refractivity contribution in [2.45, 2.75) is 38.5 Å².